The van der Waals surface area contributed by atoms with E-state index in [1.807, 2.05) is 31.2 Å². The second-order valence-electron chi connectivity index (χ2n) is 5.03. The smallest absolute Gasteiger partial charge is 0.0783 e. The minimum absolute atomic E-state index is 0.286. The summed E-state index contributed by atoms with van der Waals surface area (Å²) < 4.78 is 12.0. The van der Waals surface area contributed by atoms with Crippen LogP contribution in [0.5, 0.6) is 0 Å². The van der Waals surface area contributed by atoms with Gasteiger partial charge in [-0.05, 0) is 31.5 Å². The highest BCUT2D eigenvalue weighted by Crippen LogP contribution is 2.09. The second kappa shape index (κ2) is 7.67. The van der Waals surface area contributed by atoms with Crippen LogP contribution in [0.4, 0.5) is 0 Å². The Bertz CT molecular complexity index is 376. The molecule has 0 aliphatic carbocycles. The molecule has 0 fully saturated rings. The number of aliphatic hydroxyl groups excluding tert-OH is 1. The van der Waals surface area contributed by atoms with Crippen LogP contribution in [0.15, 0.2) is 29.2 Å². The fourth-order valence-corrected chi connectivity index (χ4v) is 2.66. The SMILES string of the molecule is Cc1ccc(S(=O)CC(O)CNCC(C)C)cc1. The van der Waals surface area contributed by atoms with Crippen LogP contribution in [0.1, 0.15) is 19.4 Å². The number of hydrogen-bond acceptors (Lipinski definition) is 3. The Morgan fingerprint density at radius 2 is 1.83 bits per heavy atom. The van der Waals surface area contributed by atoms with Gasteiger partial charge in [-0.15, -0.1) is 0 Å². The average molecular weight is 269 g/mol. The third-order valence-electron chi connectivity index (χ3n) is 2.56. The van der Waals surface area contributed by atoms with Gasteiger partial charge in [0.1, 0.15) is 0 Å². The largest absolute Gasteiger partial charge is 0.391 e. The van der Waals surface area contributed by atoms with Crippen LogP contribution in [-0.2, 0) is 10.8 Å². The molecule has 0 aliphatic rings. The Hall–Kier alpha value is -0.710. The highest BCUT2D eigenvalue weighted by Gasteiger charge is 2.11. The molecule has 102 valence electrons. The number of benzene rings is 1. The molecule has 0 amide bonds. The van der Waals surface area contributed by atoms with Crippen LogP contribution >= 0.6 is 0 Å². The molecule has 18 heavy (non-hydrogen) atoms. The maximum Gasteiger partial charge on any atom is 0.0783 e. The quantitative estimate of drug-likeness (QED) is 0.792. The fraction of sp³-hybridized carbons (Fsp3) is 0.571. The van der Waals surface area contributed by atoms with Crippen molar-refractivity contribution in [2.45, 2.75) is 31.8 Å². The van der Waals surface area contributed by atoms with Gasteiger partial charge in [0.2, 0.25) is 0 Å². The Morgan fingerprint density at radius 3 is 2.39 bits per heavy atom. The summed E-state index contributed by atoms with van der Waals surface area (Å²) in [5.41, 5.74) is 1.15. The van der Waals surface area contributed by atoms with E-state index >= 15 is 0 Å². The highest BCUT2D eigenvalue weighted by molar-refractivity contribution is 7.85. The molecular formula is C14H23NO2S. The molecular weight excluding hydrogens is 246 g/mol. The van der Waals surface area contributed by atoms with E-state index < -0.39 is 16.9 Å². The van der Waals surface area contributed by atoms with E-state index in [-0.39, 0.29) is 5.75 Å². The van der Waals surface area contributed by atoms with Crippen LogP contribution in [-0.4, -0.2) is 34.3 Å². The molecule has 1 aromatic rings. The molecule has 1 aromatic carbocycles. The van der Waals surface area contributed by atoms with Crippen molar-refractivity contribution in [2.75, 3.05) is 18.8 Å². The highest BCUT2D eigenvalue weighted by atomic mass is 32.2. The molecule has 1 rings (SSSR count). The normalized spacial score (nSPS) is 14.7. The summed E-state index contributed by atoms with van der Waals surface area (Å²) in [6.45, 7) is 7.59. The van der Waals surface area contributed by atoms with Gasteiger partial charge in [-0.25, -0.2) is 0 Å². The number of aryl methyl sites for hydroxylation is 1. The summed E-state index contributed by atoms with van der Waals surface area (Å²) >= 11 is 0. The predicted molar refractivity (Wildman–Crippen MR) is 76.2 cm³/mol. The lowest BCUT2D eigenvalue weighted by atomic mass is 10.2. The standard InChI is InChI=1S/C14H23NO2S/c1-11(2)8-15-9-13(16)10-18(17)14-6-4-12(3)5-7-14/h4-7,11,13,15-16H,8-10H2,1-3H3. The molecule has 0 aliphatic heterocycles. The Balaban J connectivity index is 2.37. The molecule has 0 aromatic heterocycles. The molecule has 2 N–H and O–H groups in total. The minimum atomic E-state index is -1.13. The molecule has 0 saturated heterocycles. The van der Waals surface area contributed by atoms with E-state index in [0.29, 0.717) is 12.5 Å². The molecule has 2 unspecified atom stereocenters. The van der Waals surface area contributed by atoms with E-state index in [2.05, 4.69) is 19.2 Å². The van der Waals surface area contributed by atoms with Crippen molar-refractivity contribution in [1.29, 1.82) is 0 Å². The summed E-state index contributed by atoms with van der Waals surface area (Å²) in [6.07, 6.45) is -0.564. The van der Waals surface area contributed by atoms with Gasteiger partial charge in [0.15, 0.2) is 0 Å². The molecule has 2 atom stereocenters. The van der Waals surface area contributed by atoms with E-state index in [4.69, 9.17) is 0 Å². The summed E-state index contributed by atoms with van der Waals surface area (Å²) in [6, 6.07) is 7.60. The maximum atomic E-state index is 12.0. The molecule has 0 saturated carbocycles. The van der Waals surface area contributed by atoms with Crippen LogP contribution in [0.25, 0.3) is 0 Å². The molecule has 0 heterocycles. The summed E-state index contributed by atoms with van der Waals surface area (Å²) in [5, 5.41) is 13.0. The van der Waals surface area contributed by atoms with Gasteiger partial charge in [0.25, 0.3) is 0 Å². The first-order chi connectivity index (χ1) is 8.49. The average Bonchev–Trinajstić information content (AvgIpc) is 2.29. The van der Waals surface area contributed by atoms with Crippen molar-refractivity contribution in [3.05, 3.63) is 29.8 Å². The van der Waals surface area contributed by atoms with Crippen molar-refractivity contribution in [1.82, 2.24) is 5.32 Å². The Kier molecular flexibility index (Phi) is 6.54. The second-order valence-corrected chi connectivity index (χ2v) is 6.53. The van der Waals surface area contributed by atoms with Gasteiger partial charge in [-0.1, -0.05) is 31.5 Å². The first kappa shape index (κ1) is 15.3. The van der Waals surface area contributed by atoms with Crippen LogP contribution in [0.2, 0.25) is 0 Å². The lowest BCUT2D eigenvalue weighted by Gasteiger charge is -2.13. The van der Waals surface area contributed by atoms with Gasteiger partial charge >= 0.3 is 0 Å². The Morgan fingerprint density at radius 1 is 1.22 bits per heavy atom. The summed E-state index contributed by atoms with van der Waals surface area (Å²) in [5.74, 6) is 0.841. The van der Waals surface area contributed by atoms with Gasteiger partial charge in [0.05, 0.1) is 22.7 Å². The molecule has 3 nitrogen and oxygen atoms in total. The minimum Gasteiger partial charge on any atom is -0.391 e. The van der Waals surface area contributed by atoms with E-state index in [1.54, 1.807) is 0 Å². The monoisotopic (exact) mass is 269 g/mol. The number of nitrogens with one attached hydrogen (secondary N) is 1. The third kappa shape index (κ3) is 5.76. The van der Waals surface area contributed by atoms with Crippen LogP contribution in [0.3, 0.4) is 0 Å². The lowest BCUT2D eigenvalue weighted by molar-refractivity contribution is 0.193. The van der Waals surface area contributed by atoms with Gasteiger partial charge in [-0.2, -0.15) is 0 Å². The molecule has 4 heteroatoms. The van der Waals surface area contributed by atoms with Crippen molar-refractivity contribution >= 4 is 10.8 Å². The number of rotatable bonds is 7. The lowest BCUT2D eigenvalue weighted by Crippen LogP contribution is -2.32. The number of aliphatic hydroxyl groups is 1. The zero-order valence-corrected chi connectivity index (χ0v) is 12.2. The van der Waals surface area contributed by atoms with Gasteiger partial charge < -0.3 is 10.4 Å². The van der Waals surface area contributed by atoms with E-state index in [9.17, 15) is 9.32 Å². The summed E-state index contributed by atoms with van der Waals surface area (Å²) in [4.78, 5) is 0.781. The van der Waals surface area contributed by atoms with E-state index in [1.165, 1.54) is 0 Å². The van der Waals surface area contributed by atoms with Crippen LogP contribution < -0.4 is 5.32 Å². The van der Waals surface area contributed by atoms with E-state index in [0.717, 1.165) is 17.0 Å². The molecule has 0 spiro atoms. The Labute approximate surface area is 112 Å². The topological polar surface area (TPSA) is 49.3 Å². The summed E-state index contributed by atoms with van der Waals surface area (Å²) in [7, 11) is -1.13. The molecule has 0 radical (unpaired) electrons. The first-order valence-electron chi connectivity index (χ1n) is 6.33. The van der Waals surface area contributed by atoms with Crippen LogP contribution in [0, 0.1) is 12.8 Å². The van der Waals surface area contributed by atoms with Gasteiger partial charge in [0, 0.05) is 11.4 Å². The first-order valence-corrected chi connectivity index (χ1v) is 7.64. The number of hydrogen-bond donors (Lipinski definition) is 2. The predicted octanol–water partition coefficient (Wildman–Crippen LogP) is 1.71. The molecule has 0 bridgehead atoms. The van der Waals surface area contributed by atoms with Crippen molar-refractivity contribution < 1.29 is 9.32 Å². The van der Waals surface area contributed by atoms with Crippen molar-refractivity contribution in [3.63, 3.8) is 0 Å². The zero-order valence-electron chi connectivity index (χ0n) is 11.3. The van der Waals surface area contributed by atoms with Crippen molar-refractivity contribution in [2.24, 2.45) is 5.92 Å². The third-order valence-corrected chi connectivity index (χ3v) is 4.05. The fourth-order valence-electron chi connectivity index (χ4n) is 1.56. The zero-order chi connectivity index (χ0) is 13.5. The van der Waals surface area contributed by atoms with Gasteiger partial charge in [-0.3, -0.25) is 4.21 Å². The maximum absolute atomic E-state index is 12.0. The van der Waals surface area contributed by atoms with Crippen molar-refractivity contribution in [3.8, 4) is 0 Å².